The Morgan fingerprint density at radius 1 is 1.09 bits per heavy atom. The Bertz CT molecular complexity index is 1050. The van der Waals surface area contributed by atoms with Crippen LogP contribution in [0.1, 0.15) is 30.2 Å². The molecule has 1 unspecified atom stereocenters. The van der Waals surface area contributed by atoms with Crippen molar-refractivity contribution in [1.82, 2.24) is 15.0 Å². The second kappa shape index (κ2) is 9.41. The van der Waals surface area contributed by atoms with Crippen LogP contribution in [0.25, 0.3) is 0 Å². The Hall–Kier alpha value is -2.72. The molecule has 0 spiro atoms. The molecule has 3 heterocycles. The second-order valence-corrected chi connectivity index (χ2v) is 10.7. The standard InChI is InChI=1S/C22H28N4O5S/c1-16-15-19(24-31-16)23-21(27)18-7-9-26(10-8-18)22(28)20(17-5-3-2-4-6-17)25-11-13-32(29,30)14-12-25/h2-6,15,18,20H,7-14H2,1H3,(H,23,24,27). The molecule has 0 bridgehead atoms. The lowest BCUT2D eigenvalue weighted by Crippen LogP contribution is -2.50. The van der Waals surface area contributed by atoms with E-state index in [0.717, 1.165) is 5.56 Å². The summed E-state index contributed by atoms with van der Waals surface area (Å²) in [6.07, 6.45) is 1.12. The molecule has 1 aromatic carbocycles. The van der Waals surface area contributed by atoms with Crippen molar-refractivity contribution in [2.75, 3.05) is 43.0 Å². The first-order valence-corrected chi connectivity index (χ1v) is 12.7. The molecule has 2 aliphatic heterocycles. The Balaban J connectivity index is 1.41. The molecular formula is C22H28N4O5S. The molecule has 172 valence electrons. The number of carbonyl (C=O) groups excluding carboxylic acids is 2. The maximum atomic E-state index is 13.5. The highest BCUT2D eigenvalue weighted by Gasteiger charge is 2.37. The smallest absolute Gasteiger partial charge is 0.244 e. The van der Waals surface area contributed by atoms with Crippen LogP contribution in [0.3, 0.4) is 0 Å². The van der Waals surface area contributed by atoms with Crippen molar-refractivity contribution in [3.63, 3.8) is 0 Å². The molecule has 1 atom stereocenters. The molecule has 0 saturated carbocycles. The van der Waals surface area contributed by atoms with Crippen molar-refractivity contribution in [2.24, 2.45) is 5.92 Å². The van der Waals surface area contributed by atoms with Crippen molar-refractivity contribution < 1.29 is 22.5 Å². The molecule has 0 aliphatic carbocycles. The lowest BCUT2D eigenvalue weighted by Gasteiger charge is -2.39. The molecule has 2 aliphatic rings. The van der Waals surface area contributed by atoms with Crippen LogP contribution in [-0.4, -0.2) is 72.9 Å². The number of benzene rings is 1. The summed E-state index contributed by atoms with van der Waals surface area (Å²) in [5, 5.41) is 6.56. The van der Waals surface area contributed by atoms with Gasteiger partial charge in [0.15, 0.2) is 15.7 Å². The quantitative estimate of drug-likeness (QED) is 0.722. The summed E-state index contributed by atoms with van der Waals surface area (Å²) in [5.74, 6) is 0.785. The molecule has 9 nitrogen and oxygen atoms in total. The number of piperidine rings is 1. The molecule has 2 aromatic rings. The van der Waals surface area contributed by atoms with Gasteiger partial charge in [-0.15, -0.1) is 0 Å². The Kier molecular flexibility index (Phi) is 6.61. The van der Waals surface area contributed by atoms with E-state index in [1.165, 1.54) is 0 Å². The molecule has 1 aromatic heterocycles. The Morgan fingerprint density at radius 2 is 1.75 bits per heavy atom. The van der Waals surface area contributed by atoms with Crippen molar-refractivity contribution in [3.05, 3.63) is 47.7 Å². The number of anilines is 1. The van der Waals surface area contributed by atoms with E-state index in [4.69, 9.17) is 4.52 Å². The summed E-state index contributed by atoms with van der Waals surface area (Å²) >= 11 is 0. The van der Waals surface area contributed by atoms with Crippen LogP contribution in [0.2, 0.25) is 0 Å². The van der Waals surface area contributed by atoms with Crippen molar-refractivity contribution in [2.45, 2.75) is 25.8 Å². The average molecular weight is 461 g/mol. The van der Waals surface area contributed by atoms with Gasteiger partial charge in [0.1, 0.15) is 11.8 Å². The summed E-state index contributed by atoms with van der Waals surface area (Å²) in [6, 6.07) is 10.6. The third-order valence-electron chi connectivity index (χ3n) is 6.15. The third kappa shape index (κ3) is 5.18. The van der Waals surface area contributed by atoms with Crippen LogP contribution in [0.4, 0.5) is 5.82 Å². The number of likely N-dealkylation sites (tertiary alicyclic amines) is 1. The number of amides is 2. The van der Waals surface area contributed by atoms with Crippen molar-refractivity contribution in [1.29, 1.82) is 0 Å². The number of nitrogens with one attached hydrogen (secondary N) is 1. The maximum absolute atomic E-state index is 13.5. The first-order valence-electron chi connectivity index (χ1n) is 10.8. The summed E-state index contributed by atoms with van der Waals surface area (Å²) in [5.41, 5.74) is 0.859. The molecule has 10 heteroatoms. The molecule has 4 rings (SSSR count). The lowest BCUT2D eigenvalue weighted by molar-refractivity contribution is -0.140. The number of nitrogens with zero attached hydrogens (tertiary/aromatic N) is 3. The van der Waals surface area contributed by atoms with Gasteiger partial charge in [-0.2, -0.15) is 0 Å². The van der Waals surface area contributed by atoms with E-state index in [1.807, 2.05) is 35.2 Å². The van der Waals surface area contributed by atoms with Gasteiger partial charge in [-0.05, 0) is 25.3 Å². The van der Waals surface area contributed by atoms with E-state index < -0.39 is 15.9 Å². The van der Waals surface area contributed by atoms with Crippen molar-refractivity contribution in [3.8, 4) is 0 Å². The third-order valence-corrected chi connectivity index (χ3v) is 7.76. The highest BCUT2D eigenvalue weighted by molar-refractivity contribution is 7.91. The van der Waals surface area contributed by atoms with Gasteiger partial charge < -0.3 is 14.7 Å². The zero-order valence-electron chi connectivity index (χ0n) is 18.1. The normalized spacial score (nSPS) is 20.6. The zero-order valence-corrected chi connectivity index (χ0v) is 18.9. The number of sulfone groups is 1. The van der Waals surface area contributed by atoms with E-state index in [0.29, 0.717) is 50.6 Å². The molecule has 0 radical (unpaired) electrons. The van der Waals surface area contributed by atoms with E-state index >= 15 is 0 Å². The predicted molar refractivity (Wildman–Crippen MR) is 119 cm³/mol. The zero-order chi connectivity index (χ0) is 22.7. The molecular weight excluding hydrogens is 432 g/mol. The average Bonchev–Trinajstić information content (AvgIpc) is 3.20. The van der Waals surface area contributed by atoms with Gasteiger partial charge in [-0.25, -0.2) is 8.42 Å². The monoisotopic (exact) mass is 460 g/mol. The highest BCUT2D eigenvalue weighted by Crippen LogP contribution is 2.28. The van der Waals surface area contributed by atoms with E-state index in [1.54, 1.807) is 17.9 Å². The minimum absolute atomic E-state index is 0.0403. The van der Waals surface area contributed by atoms with Gasteiger partial charge in [-0.3, -0.25) is 14.5 Å². The first kappa shape index (κ1) is 22.5. The van der Waals surface area contributed by atoms with Gasteiger partial charge in [0, 0.05) is 38.2 Å². The van der Waals surface area contributed by atoms with Crippen LogP contribution in [0, 0.1) is 12.8 Å². The fourth-order valence-corrected chi connectivity index (χ4v) is 5.55. The van der Waals surface area contributed by atoms with Gasteiger partial charge >= 0.3 is 0 Å². The number of hydrogen-bond acceptors (Lipinski definition) is 7. The molecule has 2 fully saturated rings. The fourth-order valence-electron chi connectivity index (χ4n) is 4.32. The maximum Gasteiger partial charge on any atom is 0.244 e. The number of aryl methyl sites for hydroxylation is 1. The molecule has 1 N–H and O–H groups in total. The summed E-state index contributed by atoms with van der Waals surface area (Å²) in [6.45, 7) is 3.38. The van der Waals surface area contributed by atoms with E-state index in [2.05, 4.69) is 10.5 Å². The number of aromatic nitrogens is 1. The van der Waals surface area contributed by atoms with Crippen LogP contribution < -0.4 is 5.32 Å². The Morgan fingerprint density at radius 3 is 2.34 bits per heavy atom. The van der Waals surface area contributed by atoms with Crippen molar-refractivity contribution >= 4 is 27.5 Å². The minimum atomic E-state index is -3.05. The first-order chi connectivity index (χ1) is 15.3. The fraction of sp³-hybridized carbons (Fsp3) is 0.500. The summed E-state index contributed by atoms with van der Waals surface area (Å²) in [7, 11) is -3.05. The number of hydrogen-bond donors (Lipinski definition) is 1. The van der Waals surface area contributed by atoms with Crippen LogP contribution in [-0.2, 0) is 19.4 Å². The van der Waals surface area contributed by atoms with Gasteiger partial charge in [0.25, 0.3) is 0 Å². The highest BCUT2D eigenvalue weighted by atomic mass is 32.2. The number of rotatable bonds is 5. The molecule has 2 amide bonds. The molecule has 32 heavy (non-hydrogen) atoms. The van der Waals surface area contributed by atoms with Crippen LogP contribution >= 0.6 is 0 Å². The summed E-state index contributed by atoms with van der Waals surface area (Å²) in [4.78, 5) is 29.9. The van der Waals surface area contributed by atoms with Crippen LogP contribution in [0.15, 0.2) is 40.9 Å². The SMILES string of the molecule is Cc1cc(NC(=O)C2CCN(C(=O)C(c3ccccc3)N3CCS(=O)(=O)CC3)CC2)no1. The minimum Gasteiger partial charge on any atom is -0.360 e. The largest absolute Gasteiger partial charge is 0.360 e. The number of carbonyl (C=O) groups is 2. The van der Waals surface area contributed by atoms with E-state index in [9.17, 15) is 18.0 Å². The predicted octanol–water partition coefficient (Wildman–Crippen LogP) is 1.63. The van der Waals surface area contributed by atoms with Crippen LogP contribution in [0.5, 0.6) is 0 Å². The van der Waals surface area contributed by atoms with Gasteiger partial charge in [-0.1, -0.05) is 35.5 Å². The second-order valence-electron chi connectivity index (χ2n) is 8.41. The molecule has 2 saturated heterocycles. The topological polar surface area (TPSA) is 113 Å². The summed E-state index contributed by atoms with van der Waals surface area (Å²) < 4.78 is 28.8. The van der Waals surface area contributed by atoms with Gasteiger partial charge in [0.2, 0.25) is 11.8 Å². The lowest BCUT2D eigenvalue weighted by atomic mass is 9.94. The van der Waals surface area contributed by atoms with Gasteiger partial charge in [0.05, 0.1) is 11.5 Å². The van der Waals surface area contributed by atoms with E-state index in [-0.39, 0.29) is 29.2 Å². The Labute approximate surface area is 187 Å².